The maximum Gasteiger partial charge on any atom is 0.244 e. The number of hydrogen-bond donors (Lipinski definition) is 1. The number of rotatable bonds is 13. The van der Waals surface area contributed by atoms with Crippen molar-refractivity contribution >= 4 is 39.1 Å². The van der Waals surface area contributed by atoms with Crippen LogP contribution in [0.3, 0.4) is 0 Å². The SMILES string of the molecule is CCCNC(=O)C(Cc1ccccc1)N(Cc1cccc(OC)c1)C(=O)CN(c1ccc(F)c(Cl)c1)S(C)(=O)=O. The van der Waals surface area contributed by atoms with Gasteiger partial charge in [0.25, 0.3) is 0 Å². The lowest BCUT2D eigenvalue weighted by atomic mass is 10.0. The zero-order valence-corrected chi connectivity index (χ0v) is 24.2. The first-order valence-electron chi connectivity index (χ1n) is 12.7. The van der Waals surface area contributed by atoms with Crippen molar-refractivity contribution in [2.24, 2.45) is 0 Å². The first-order chi connectivity index (χ1) is 19.0. The van der Waals surface area contributed by atoms with Crippen LogP contribution in [-0.2, 0) is 32.6 Å². The average molecular weight is 590 g/mol. The Morgan fingerprint density at radius 3 is 2.35 bits per heavy atom. The molecule has 1 N–H and O–H groups in total. The largest absolute Gasteiger partial charge is 0.497 e. The van der Waals surface area contributed by atoms with Gasteiger partial charge in [-0.15, -0.1) is 0 Å². The van der Waals surface area contributed by atoms with Crippen molar-refractivity contribution < 1.29 is 27.1 Å². The standard InChI is InChI=1S/C29H33ClFN3O5S/c1-4-15-32-29(36)27(17-21-9-6-5-7-10-21)33(19-22-11-8-12-24(16-22)39-2)28(35)20-34(40(3,37)38)23-13-14-26(31)25(30)18-23/h5-14,16,18,27H,4,15,17,19-20H2,1-3H3,(H,32,36). The Balaban J connectivity index is 2.06. The molecule has 0 spiro atoms. The molecule has 1 atom stereocenters. The van der Waals surface area contributed by atoms with Gasteiger partial charge in [-0.25, -0.2) is 12.8 Å². The summed E-state index contributed by atoms with van der Waals surface area (Å²) in [4.78, 5) is 28.8. The van der Waals surface area contributed by atoms with Gasteiger partial charge in [-0.3, -0.25) is 13.9 Å². The van der Waals surface area contributed by atoms with Crippen molar-refractivity contribution in [3.8, 4) is 5.75 Å². The fourth-order valence-electron chi connectivity index (χ4n) is 4.14. The zero-order valence-electron chi connectivity index (χ0n) is 22.6. The maximum atomic E-state index is 14.0. The molecule has 0 aromatic heterocycles. The first-order valence-corrected chi connectivity index (χ1v) is 14.9. The van der Waals surface area contributed by atoms with E-state index < -0.39 is 34.3 Å². The molecule has 3 aromatic rings. The van der Waals surface area contributed by atoms with E-state index >= 15 is 0 Å². The number of methoxy groups -OCH3 is 1. The number of sulfonamides is 1. The fraction of sp³-hybridized carbons (Fsp3) is 0.310. The van der Waals surface area contributed by atoms with Crippen LogP contribution in [0.25, 0.3) is 0 Å². The summed E-state index contributed by atoms with van der Waals surface area (Å²) in [5.41, 5.74) is 1.54. The van der Waals surface area contributed by atoms with Gasteiger partial charge in [0.1, 0.15) is 24.2 Å². The molecule has 0 aliphatic rings. The monoisotopic (exact) mass is 589 g/mol. The van der Waals surface area contributed by atoms with E-state index in [1.54, 1.807) is 24.3 Å². The summed E-state index contributed by atoms with van der Waals surface area (Å²) in [5.74, 6) is -1.14. The molecular weight excluding hydrogens is 557 g/mol. The van der Waals surface area contributed by atoms with Crippen LogP contribution in [0, 0.1) is 5.82 Å². The number of halogens is 2. The predicted molar refractivity (Wildman–Crippen MR) is 154 cm³/mol. The Kier molecular flexibility index (Phi) is 10.9. The molecule has 0 bridgehead atoms. The molecule has 2 amide bonds. The second-order valence-electron chi connectivity index (χ2n) is 9.24. The minimum Gasteiger partial charge on any atom is -0.497 e. The molecule has 0 heterocycles. The van der Waals surface area contributed by atoms with Gasteiger partial charge in [0.2, 0.25) is 21.8 Å². The minimum atomic E-state index is -3.99. The Hall–Kier alpha value is -3.63. The van der Waals surface area contributed by atoms with E-state index in [0.717, 1.165) is 28.3 Å². The van der Waals surface area contributed by atoms with Crippen LogP contribution in [-0.4, -0.2) is 57.6 Å². The van der Waals surface area contributed by atoms with Crippen LogP contribution in [0.1, 0.15) is 24.5 Å². The molecule has 214 valence electrons. The van der Waals surface area contributed by atoms with E-state index in [4.69, 9.17) is 16.3 Å². The number of carbonyl (C=O) groups excluding carboxylic acids is 2. The Labute approximate surface area is 239 Å². The Morgan fingerprint density at radius 1 is 1.02 bits per heavy atom. The molecule has 0 fully saturated rings. The van der Waals surface area contributed by atoms with E-state index in [1.165, 1.54) is 18.1 Å². The van der Waals surface area contributed by atoms with Gasteiger partial charge < -0.3 is 15.0 Å². The molecule has 0 saturated carbocycles. The van der Waals surface area contributed by atoms with Crippen molar-refractivity contribution in [1.29, 1.82) is 0 Å². The summed E-state index contributed by atoms with van der Waals surface area (Å²) in [6.07, 6.45) is 1.84. The second-order valence-corrected chi connectivity index (χ2v) is 11.6. The first kappa shape index (κ1) is 30.9. The lowest BCUT2D eigenvalue weighted by Crippen LogP contribution is -2.53. The number of ether oxygens (including phenoxy) is 1. The van der Waals surface area contributed by atoms with Crippen molar-refractivity contribution in [2.45, 2.75) is 32.4 Å². The normalized spacial score (nSPS) is 11.9. The predicted octanol–water partition coefficient (Wildman–Crippen LogP) is 4.42. The van der Waals surface area contributed by atoms with Gasteiger partial charge in [-0.05, 0) is 47.9 Å². The molecule has 0 aliphatic carbocycles. The van der Waals surface area contributed by atoms with Gasteiger partial charge in [-0.1, -0.05) is 61.0 Å². The molecule has 0 aliphatic heterocycles. The smallest absolute Gasteiger partial charge is 0.244 e. The summed E-state index contributed by atoms with van der Waals surface area (Å²) < 4.78 is 45.6. The number of carbonyl (C=O) groups is 2. The van der Waals surface area contributed by atoms with Crippen molar-refractivity contribution in [3.63, 3.8) is 0 Å². The molecule has 3 rings (SSSR count). The van der Waals surface area contributed by atoms with Gasteiger partial charge >= 0.3 is 0 Å². The number of benzene rings is 3. The highest BCUT2D eigenvalue weighted by atomic mass is 35.5. The minimum absolute atomic E-state index is 0.00878. The molecular formula is C29H33ClFN3O5S. The number of anilines is 1. The van der Waals surface area contributed by atoms with Gasteiger partial charge in [0.05, 0.1) is 24.1 Å². The highest BCUT2D eigenvalue weighted by molar-refractivity contribution is 7.92. The lowest BCUT2D eigenvalue weighted by molar-refractivity contribution is -0.140. The van der Waals surface area contributed by atoms with Crippen LogP contribution in [0.5, 0.6) is 5.75 Å². The average Bonchev–Trinajstić information content (AvgIpc) is 2.93. The van der Waals surface area contributed by atoms with E-state index in [2.05, 4.69) is 5.32 Å². The summed E-state index contributed by atoms with van der Waals surface area (Å²) >= 11 is 5.92. The highest BCUT2D eigenvalue weighted by Gasteiger charge is 2.33. The van der Waals surface area contributed by atoms with Crippen LogP contribution < -0.4 is 14.4 Å². The summed E-state index contributed by atoms with van der Waals surface area (Å²) in [6.45, 7) is 1.71. The Morgan fingerprint density at radius 2 is 1.73 bits per heavy atom. The molecule has 0 radical (unpaired) electrons. The van der Waals surface area contributed by atoms with E-state index in [9.17, 15) is 22.4 Å². The Bertz CT molecular complexity index is 1420. The summed E-state index contributed by atoms with van der Waals surface area (Å²) in [5, 5.41) is 2.59. The van der Waals surface area contributed by atoms with Gasteiger partial charge in [0, 0.05) is 19.5 Å². The zero-order chi connectivity index (χ0) is 29.3. The number of amides is 2. The van der Waals surface area contributed by atoms with Crippen LogP contribution in [0.4, 0.5) is 10.1 Å². The van der Waals surface area contributed by atoms with Crippen molar-refractivity contribution in [2.75, 3.05) is 30.8 Å². The van der Waals surface area contributed by atoms with Crippen LogP contribution in [0.15, 0.2) is 72.8 Å². The van der Waals surface area contributed by atoms with E-state index in [0.29, 0.717) is 24.3 Å². The number of hydrogen-bond acceptors (Lipinski definition) is 5. The lowest BCUT2D eigenvalue weighted by Gasteiger charge is -2.33. The highest BCUT2D eigenvalue weighted by Crippen LogP contribution is 2.25. The number of nitrogens with zero attached hydrogens (tertiary/aromatic N) is 2. The van der Waals surface area contributed by atoms with Gasteiger partial charge in [-0.2, -0.15) is 0 Å². The van der Waals surface area contributed by atoms with E-state index in [-0.39, 0.29) is 29.6 Å². The molecule has 11 heteroatoms. The van der Waals surface area contributed by atoms with Crippen molar-refractivity contribution in [3.05, 3.63) is 94.8 Å². The third kappa shape index (κ3) is 8.43. The van der Waals surface area contributed by atoms with Crippen molar-refractivity contribution in [1.82, 2.24) is 10.2 Å². The van der Waals surface area contributed by atoms with E-state index in [1.807, 2.05) is 37.3 Å². The molecule has 1 unspecified atom stereocenters. The molecule has 40 heavy (non-hydrogen) atoms. The topological polar surface area (TPSA) is 96.0 Å². The van der Waals surface area contributed by atoms with Gasteiger partial charge in [0.15, 0.2) is 0 Å². The molecule has 8 nitrogen and oxygen atoms in total. The third-order valence-corrected chi connectivity index (χ3v) is 7.61. The van der Waals surface area contributed by atoms with Crippen LogP contribution >= 0.6 is 11.6 Å². The van der Waals surface area contributed by atoms with Crippen LogP contribution in [0.2, 0.25) is 5.02 Å². The summed E-state index contributed by atoms with van der Waals surface area (Å²) in [6, 6.07) is 18.8. The molecule has 0 saturated heterocycles. The maximum absolute atomic E-state index is 14.0. The third-order valence-electron chi connectivity index (χ3n) is 6.18. The molecule has 3 aromatic carbocycles. The fourth-order valence-corrected chi connectivity index (χ4v) is 5.16. The summed E-state index contributed by atoms with van der Waals surface area (Å²) in [7, 11) is -2.47. The number of nitrogens with one attached hydrogen (secondary N) is 1. The second kappa shape index (κ2) is 14.1. The quantitative estimate of drug-likeness (QED) is 0.318.